The van der Waals surface area contributed by atoms with E-state index in [-0.39, 0.29) is 11.3 Å². The molecule has 0 aromatic heterocycles. The maximum absolute atomic E-state index is 11.4. The fourth-order valence-corrected chi connectivity index (χ4v) is 3.29. The Morgan fingerprint density at radius 2 is 2.00 bits per heavy atom. The molecule has 0 fully saturated rings. The van der Waals surface area contributed by atoms with Crippen LogP contribution in [0.2, 0.25) is 0 Å². The molecular weight excluding hydrogens is 336 g/mol. The number of primary amides is 1. The Bertz CT molecular complexity index is 886. The highest BCUT2D eigenvalue weighted by Gasteiger charge is 2.16. The molecule has 0 unspecified atom stereocenters. The number of nitrogens with two attached hydrogens (primary N) is 1. The van der Waals surface area contributed by atoms with Crippen LogP contribution in [-0.2, 0) is 0 Å². The summed E-state index contributed by atoms with van der Waals surface area (Å²) in [6.45, 7) is 4.05. The highest BCUT2D eigenvalue weighted by molar-refractivity contribution is 8.14. The molecule has 0 saturated heterocycles. The summed E-state index contributed by atoms with van der Waals surface area (Å²) in [5.74, 6) is -0.209. The van der Waals surface area contributed by atoms with E-state index in [9.17, 15) is 9.90 Å². The van der Waals surface area contributed by atoms with Crippen LogP contribution in [0.15, 0.2) is 46.5 Å². The van der Waals surface area contributed by atoms with Crippen molar-refractivity contribution in [2.24, 2.45) is 15.8 Å². The average molecular weight is 354 g/mol. The number of rotatable bonds is 3. The number of benzene rings is 2. The molecule has 6 nitrogen and oxygen atoms in total. The van der Waals surface area contributed by atoms with Gasteiger partial charge in [-0.25, -0.2) is 4.99 Å². The van der Waals surface area contributed by atoms with E-state index in [1.165, 1.54) is 17.8 Å². The lowest BCUT2D eigenvalue weighted by molar-refractivity contribution is 0.0997. The standard InChI is InChI=1S/C18H18N4O2S/c1-10-4-3-5-11(2)16(10)20-18-22-21-14(9-25-18)12-6-7-15(23)13(8-12)17(19)24/h3-8,23H,9H2,1-2H3,(H2,19,24)(H,20,22). The van der Waals surface area contributed by atoms with E-state index >= 15 is 0 Å². The van der Waals surface area contributed by atoms with Gasteiger partial charge in [0.25, 0.3) is 5.91 Å². The van der Waals surface area contributed by atoms with Gasteiger partial charge in [-0.15, -0.1) is 0 Å². The maximum atomic E-state index is 11.4. The Balaban J connectivity index is 1.85. The number of aliphatic imine (C=N–C) groups is 1. The first kappa shape index (κ1) is 17.0. The molecule has 0 aliphatic carbocycles. The van der Waals surface area contributed by atoms with Crippen LogP contribution in [0.3, 0.4) is 0 Å². The Hall–Kier alpha value is -2.80. The number of carbonyl (C=O) groups is 1. The monoisotopic (exact) mass is 354 g/mol. The number of amides is 1. The maximum Gasteiger partial charge on any atom is 0.252 e. The van der Waals surface area contributed by atoms with Crippen LogP contribution in [0.4, 0.5) is 5.69 Å². The third-order valence-corrected chi connectivity index (χ3v) is 4.75. The molecule has 1 heterocycles. The van der Waals surface area contributed by atoms with Crippen molar-refractivity contribution in [1.29, 1.82) is 0 Å². The number of nitrogens with one attached hydrogen (secondary N) is 1. The first-order valence-electron chi connectivity index (χ1n) is 7.69. The SMILES string of the molecule is Cc1cccc(C)c1N=C1NN=C(c2ccc(O)c(C(N)=O)c2)CS1. The van der Waals surface area contributed by atoms with E-state index in [4.69, 9.17) is 5.73 Å². The summed E-state index contributed by atoms with van der Waals surface area (Å²) < 4.78 is 0. The van der Waals surface area contributed by atoms with E-state index < -0.39 is 5.91 Å². The van der Waals surface area contributed by atoms with Crippen LogP contribution in [0.1, 0.15) is 27.0 Å². The lowest BCUT2D eigenvalue weighted by atomic mass is 10.1. The van der Waals surface area contributed by atoms with Crippen LogP contribution in [0.5, 0.6) is 5.75 Å². The van der Waals surface area contributed by atoms with Gasteiger partial charge in [0, 0.05) is 5.75 Å². The number of nitrogens with zero attached hydrogens (tertiary/aromatic N) is 2. The molecule has 25 heavy (non-hydrogen) atoms. The van der Waals surface area contributed by atoms with Gasteiger partial charge in [0.2, 0.25) is 0 Å². The third kappa shape index (κ3) is 3.66. The van der Waals surface area contributed by atoms with Crippen molar-refractivity contribution in [2.45, 2.75) is 13.8 Å². The fourth-order valence-electron chi connectivity index (χ4n) is 2.52. The second-order valence-corrected chi connectivity index (χ2v) is 6.68. The van der Waals surface area contributed by atoms with Gasteiger partial charge in [-0.3, -0.25) is 10.2 Å². The number of hydrazone groups is 1. The van der Waals surface area contributed by atoms with Crippen molar-refractivity contribution in [3.05, 3.63) is 58.7 Å². The summed E-state index contributed by atoms with van der Waals surface area (Å²) in [6.07, 6.45) is 0. The molecule has 3 rings (SSSR count). The molecule has 0 radical (unpaired) electrons. The molecule has 0 bridgehead atoms. The van der Waals surface area contributed by atoms with Gasteiger partial charge in [-0.05, 0) is 48.7 Å². The zero-order valence-electron chi connectivity index (χ0n) is 13.9. The summed E-state index contributed by atoms with van der Waals surface area (Å²) >= 11 is 1.53. The Morgan fingerprint density at radius 3 is 2.60 bits per heavy atom. The van der Waals surface area contributed by atoms with Crippen LogP contribution < -0.4 is 11.2 Å². The molecule has 0 atom stereocenters. The summed E-state index contributed by atoms with van der Waals surface area (Å²) in [6, 6.07) is 10.8. The number of aryl methyl sites for hydroxylation is 2. The van der Waals surface area contributed by atoms with Crippen LogP contribution in [0.25, 0.3) is 0 Å². The van der Waals surface area contributed by atoms with Gasteiger partial charge in [0.15, 0.2) is 5.17 Å². The van der Waals surface area contributed by atoms with Crippen LogP contribution in [0, 0.1) is 13.8 Å². The number of amidine groups is 1. The number of phenols is 1. The highest BCUT2D eigenvalue weighted by Crippen LogP contribution is 2.26. The molecule has 4 N–H and O–H groups in total. The van der Waals surface area contributed by atoms with E-state index in [1.54, 1.807) is 12.1 Å². The van der Waals surface area contributed by atoms with Gasteiger partial charge >= 0.3 is 0 Å². The first-order valence-corrected chi connectivity index (χ1v) is 8.67. The average Bonchev–Trinajstić information content (AvgIpc) is 2.59. The van der Waals surface area contributed by atoms with Crippen molar-refractivity contribution < 1.29 is 9.90 Å². The summed E-state index contributed by atoms with van der Waals surface area (Å²) in [7, 11) is 0. The molecular formula is C18H18N4O2S. The van der Waals surface area contributed by atoms with E-state index in [2.05, 4.69) is 15.5 Å². The van der Waals surface area contributed by atoms with Crippen molar-refractivity contribution in [1.82, 2.24) is 5.43 Å². The summed E-state index contributed by atoms with van der Waals surface area (Å²) in [5.41, 5.74) is 13.0. The predicted molar refractivity (Wildman–Crippen MR) is 102 cm³/mol. The van der Waals surface area contributed by atoms with Crippen molar-refractivity contribution in [2.75, 3.05) is 5.75 Å². The topological polar surface area (TPSA) is 100 Å². The first-order chi connectivity index (χ1) is 12.0. The molecule has 1 aliphatic heterocycles. The molecule has 2 aromatic rings. The zero-order valence-corrected chi connectivity index (χ0v) is 14.7. The normalized spacial score (nSPS) is 15.6. The van der Waals surface area contributed by atoms with Crippen molar-refractivity contribution in [3.8, 4) is 5.75 Å². The Kier molecular flexibility index (Phi) is 4.76. The number of aromatic hydroxyl groups is 1. The smallest absolute Gasteiger partial charge is 0.252 e. The largest absolute Gasteiger partial charge is 0.507 e. The lowest BCUT2D eigenvalue weighted by Crippen LogP contribution is -2.25. The highest BCUT2D eigenvalue weighted by atomic mass is 32.2. The third-order valence-electron chi connectivity index (χ3n) is 3.88. The van der Waals surface area contributed by atoms with Gasteiger partial charge in [-0.2, -0.15) is 5.10 Å². The van der Waals surface area contributed by atoms with Crippen molar-refractivity contribution >= 4 is 34.2 Å². The number of hydrogen-bond acceptors (Lipinski definition) is 5. The van der Waals surface area contributed by atoms with Gasteiger partial charge in [0.1, 0.15) is 5.75 Å². The summed E-state index contributed by atoms with van der Waals surface area (Å²) in [5, 5.41) is 14.7. The Morgan fingerprint density at radius 1 is 1.28 bits per heavy atom. The second kappa shape index (κ2) is 6.98. The predicted octanol–water partition coefficient (Wildman–Crippen LogP) is 2.84. The molecule has 1 amide bonds. The molecule has 7 heteroatoms. The molecule has 0 saturated carbocycles. The summed E-state index contributed by atoms with van der Waals surface area (Å²) in [4.78, 5) is 16.0. The molecule has 2 aromatic carbocycles. The minimum atomic E-state index is -0.673. The van der Waals surface area contributed by atoms with E-state index in [1.807, 2.05) is 32.0 Å². The number of thioether (sulfide) groups is 1. The van der Waals surface area contributed by atoms with Crippen molar-refractivity contribution in [3.63, 3.8) is 0 Å². The fraction of sp³-hybridized carbons (Fsp3) is 0.167. The minimum Gasteiger partial charge on any atom is -0.507 e. The molecule has 128 valence electrons. The van der Waals surface area contributed by atoms with Crippen LogP contribution >= 0.6 is 11.8 Å². The quantitative estimate of drug-likeness (QED) is 0.789. The lowest BCUT2D eigenvalue weighted by Gasteiger charge is -2.16. The number of para-hydroxylation sites is 1. The number of hydrogen-bond donors (Lipinski definition) is 3. The number of carbonyl (C=O) groups excluding carboxylic acids is 1. The van der Waals surface area contributed by atoms with Crippen LogP contribution in [-0.4, -0.2) is 27.6 Å². The van der Waals surface area contributed by atoms with Gasteiger partial charge < -0.3 is 10.8 Å². The second-order valence-electron chi connectivity index (χ2n) is 5.71. The van der Waals surface area contributed by atoms with Gasteiger partial charge in [-0.1, -0.05) is 30.0 Å². The van der Waals surface area contributed by atoms with Gasteiger partial charge in [0.05, 0.1) is 17.0 Å². The molecule has 0 spiro atoms. The Labute approximate surface area is 149 Å². The van der Waals surface area contributed by atoms with E-state index in [0.29, 0.717) is 5.75 Å². The minimum absolute atomic E-state index is 0.0835. The zero-order chi connectivity index (χ0) is 18.0. The molecule has 1 aliphatic rings. The van der Waals surface area contributed by atoms with E-state index in [0.717, 1.165) is 33.3 Å².